The highest BCUT2D eigenvalue weighted by Crippen LogP contribution is 2.20. The molecule has 2 N–H and O–H groups in total. The molecule has 0 bridgehead atoms. The van der Waals surface area contributed by atoms with Crippen molar-refractivity contribution in [3.8, 4) is 5.75 Å². The quantitative estimate of drug-likeness (QED) is 0.767. The molecule has 5 nitrogen and oxygen atoms in total. The molecule has 0 spiro atoms. The Hall–Kier alpha value is -1.75. The first kappa shape index (κ1) is 14.3. The van der Waals surface area contributed by atoms with E-state index in [2.05, 4.69) is 0 Å². The van der Waals surface area contributed by atoms with Crippen molar-refractivity contribution in [2.75, 3.05) is 25.6 Å². The van der Waals surface area contributed by atoms with Crippen LogP contribution < -0.4 is 9.64 Å². The Labute approximate surface area is 107 Å². The molecule has 0 saturated carbocycles. The van der Waals surface area contributed by atoms with Crippen LogP contribution in [0.2, 0.25) is 0 Å². The topological polar surface area (TPSA) is 70.0 Å². The Morgan fingerprint density at radius 1 is 1.50 bits per heavy atom. The van der Waals surface area contributed by atoms with Gasteiger partial charge in [-0.05, 0) is 18.6 Å². The van der Waals surface area contributed by atoms with Crippen LogP contribution in [0.25, 0.3) is 0 Å². The Balaban J connectivity index is 2.53. The number of likely N-dealkylation sites (N-methyl/N-ethyl adjacent to an activating group) is 1. The fourth-order valence-corrected chi connectivity index (χ4v) is 1.65. The SMILES string of the molecule is COc1cccc(N(C)CC(O)CCC(=O)O)c1. The molecule has 100 valence electrons. The minimum atomic E-state index is -0.891. The van der Waals surface area contributed by atoms with Crippen molar-refractivity contribution >= 4 is 11.7 Å². The number of hydrogen-bond acceptors (Lipinski definition) is 4. The highest BCUT2D eigenvalue weighted by Gasteiger charge is 2.11. The molecule has 5 heteroatoms. The van der Waals surface area contributed by atoms with Gasteiger partial charge in [0.2, 0.25) is 0 Å². The maximum atomic E-state index is 10.4. The van der Waals surface area contributed by atoms with E-state index in [0.717, 1.165) is 11.4 Å². The number of carbonyl (C=O) groups is 1. The van der Waals surface area contributed by atoms with Crippen molar-refractivity contribution in [2.24, 2.45) is 0 Å². The van der Waals surface area contributed by atoms with Crippen molar-refractivity contribution in [2.45, 2.75) is 18.9 Å². The molecular formula is C13H19NO4. The minimum Gasteiger partial charge on any atom is -0.497 e. The number of anilines is 1. The van der Waals surface area contributed by atoms with Crippen LogP contribution in [-0.2, 0) is 4.79 Å². The maximum absolute atomic E-state index is 10.4. The van der Waals surface area contributed by atoms with Crippen molar-refractivity contribution in [1.29, 1.82) is 0 Å². The van der Waals surface area contributed by atoms with E-state index in [9.17, 15) is 9.90 Å². The van der Waals surface area contributed by atoms with E-state index in [1.54, 1.807) is 7.11 Å². The zero-order valence-corrected chi connectivity index (χ0v) is 10.7. The summed E-state index contributed by atoms with van der Waals surface area (Å²) in [5.41, 5.74) is 0.920. The summed E-state index contributed by atoms with van der Waals surface area (Å²) in [4.78, 5) is 12.3. The zero-order valence-electron chi connectivity index (χ0n) is 10.7. The molecule has 0 aliphatic carbocycles. The highest BCUT2D eigenvalue weighted by atomic mass is 16.5. The third kappa shape index (κ3) is 4.63. The van der Waals surface area contributed by atoms with E-state index in [1.165, 1.54) is 0 Å². The fraction of sp³-hybridized carbons (Fsp3) is 0.462. The number of hydrogen-bond donors (Lipinski definition) is 2. The molecule has 1 unspecified atom stereocenters. The van der Waals surface area contributed by atoms with Gasteiger partial charge in [0, 0.05) is 31.8 Å². The number of rotatable bonds is 7. The zero-order chi connectivity index (χ0) is 13.5. The Morgan fingerprint density at radius 2 is 2.22 bits per heavy atom. The summed E-state index contributed by atoms with van der Waals surface area (Å²) in [6, 6.07) is 7.49. The van der Waals surface area contributed by atoms with Gasteiger partial charge in [-0.25, -0.2) is 0 Å². The lowest BCUT2D eigenvalue weighted by Crippen LogP contribution is -2.29. The molecule has 0 aliphatic rings. The lowest BCUT2D eigenvalue weighted by atomic mass is 10.2. The predicted molar refractivity (Wildman–Crippen MR) is 69.1 cm³/mol. The molecule has 1 aromatic rings. The van der Waals surface area contributed by atoms with Crippen LogP contribution in [0.3, 0.4) is 0 Å². The van der Waals surface area contributed by atoms with Crippen molar-refractivity contribution in [1.82, 2.24) is 0 Å². The van der Waals surface area contributed by atoms with Crippen LogP contribution in [0.15, 0.2) is 24.3 Å². The number of carboxylic acids is 1. The number of nitrogens with zero attached hydrogens (tertiary/aromatic N) is 1. The summed E-state index contributed by atoms with van der Waals surface area (Å²) in [7, 11) is 3.44. The number of ether oxygens (including phenoxy) is 1. The van der Waals surface area contributed by atoms with Crippen LogP contribution in [-0.4, -0.2) is 43.0 Å². The van der Waals surface area contributed by atoms with Gasteiger partial charge in [0.15, 0.2) is 0 Å². The van der Waals surface area contributed by atoms with Crippen LogP contribution in [0.5, 0.6) is 5.75 Å². The maximum Gasteiger partial charge on any atom is 0.303 e. The van der Waals surface area contributed by atoms with Gasteiger partial charge in [-0.3, -0.25) is 4.79 Å². The molecule has 0 fully saturated rings. The van der Waals surface area contributed by atoms with E-state index in [1.807, 2.05) is 36.2 Å². The van der Waals surface area contributed by atoms with Gasteiger partial charge in [-0.2, -0.15) is 0 Å². The summed E-state index contributed by atoms with van der Waals surface area (Å²) in [5, 5.41) is 18.3. The van der Waals surface area contributed by atoms with E-state index >= 15 is 0 Å². The lowest BCUT2D eigenvalue weighted by Gasteiger charge is -2.22. The smallest absolute Gasteiger partial charge is 0.303 e. The van der Waals surface area contributed by atoms with Crippen LogP contribution >= 0.6 is 0 Å². The van der Waals surface area contributed by atoms with Crippen LogP contribution in [0, 0.1) is 0 Å². The van der Waals surface area contributed by atoms with Crippen molar-refractivity contribution in [3.63, 3.8) is 0 Å². The number of aliphatic hydroxyl groups is 1. The predicted octanol–water partition coefficient (Wildman–Crippen LogP) is 1.36. The van der Waals surface area contributed by atoms with Gasteiger partial charge in [-0.15, -0.1) is 0 Å². The van der Waals surface area contributed by atoms with Gasteiger partial charge in [0.25, 0.3) is 0 Å². The number of benzene rings is 1. The molecule has 0 aromatic heterocycles. The molecule has 1 aromatic carbocycles. The average molecular weight is 253 g/mol. The van der Waals surface area contributed by atoms with Gasteiger partial charge < -0.3 is 19.8 Å². The molecule has 18 heavy (non-hydrogen) atoms. The fourth-order valence-electron chi connectivity index (χ4n) is 1.65. The van der Waals surface area contributed by atoms with E-state index in [-0.39, 0.29) is 12.8 Å². The van der Waals surface area contributed by atoms with E-state index < -0.39 is 12.1 Å². The lowest BCUT2D eigenvalue weighted by molar-refractivity contribution is -0.137. The standard InChI is InChI=1S/C13H19NO4/c1-14(9-11(15)6-7-13(16)17)10-4-3-5-12(8-10)18-2/h3-5,8,11,15H,6-7,9H2,1-2H3,(H,16,17). The summed E-state index contributed by atoms with van der Waals surface area (Å²) < 4.78 is 5.12. The number of aliphatic hydroxyl groups excluding tert-OH is 1. The van der Waals surface area contributed by atoms with E-state index in [4.69, 9.17) is 9.84 Å². The first-order chi connectivity index (χ1) is 8.52. The molecular weight excluding hydrogens is 234 g/mol. The van der Waals surface area contributed by atoms with Gasteiger partial charge >= 0.3 is 5.97 Å². The van der Waals surface area contributed by atoms with Gasteiger partial charge in [0.05, 0.1) is 13.2 Å². The van der Waals surface area contributed by atoms with Gasteiger partial charge in [0.1, 0.15) is 5.75 Å². The summed E-state index contributed by atoms with van der Waals surface area (Å²) in [5.74, 6) is -0.141. The third-order valence-corrected chi connectivity index (χ3v) is 2.67. The summed E-state index contributed by atoms with van der Waals surface area (Å²) in [6.45, 7) is 0.389. The number of carboxylic acid groups (broad SMARTS) is 1. The minimum absolute atomic E-state index is 0.0207. The Bertz CT molecular complexity index is 394. The number of methoxy groups -OCH3 is 1. The first-order valence-electron chi connectivity index (χ1n) is 5.78. The summed E-state index contributed by atoms with van der Waals surface area (Å²) in [6.07, 6.45) is -0.422. The van der Waals surface area contributed by atoms with Crippen LogP contribution in [0.1, 0.15) is 12.8 Å². The Morgan fingerprint density at radius 3 is 2.83 bits per heavy atom. The van der Waals surface area contributed by atoms with E-state index in [0.29, 0.717) is 6.54 Å². The largest absolute Gasteiger partial charge is 0.497 e. The molecule has 0 amide bonds. The molecule has 0 aliphatic heterocycles. The Kier molecular flexibility index (Phi) is 5.45. The molecule has 0 heterocycles. The van der Waals surface area contributed by atoms with Crippen LogP contribution in [0.4, 0.5) is 5.69 Å². The molecule has 1 atom stereocenters. The average Bonchev–Trinajstić information content (AvgIpc) is 2.36. The monoisotopic (exact) mass is 253 g/mol. The van der Waals surface area contributed by atoms with Crippen molar-refractivity contribution < 1.29 is 19.7 Å². The second kappa shape index (κ2) is 6.86. The van der Waals surface area contributed by atoms with Crippen molar-refractivity contribution in [3.05, 3.63) is 24.3 Å². The number of aliphatic carboxylic acids is 1. The summed E-state index contributed by atoms with van der Waals surface area (Å²) >= 11 is 0. The molecule has 0 saturated heterocycles. The highest BCUT2D eigenvalue weighted by molar-refractivity contribution is 5.66. The normalized spacial score (nSPS) is 11.9. The second-order valence-electron chi connectivity index (χ2n) is 4.17. The van der Waals surface area contributed by atoms with Gasteiger partial charge in [-0.1, -0.05) is 6.07 Å². The molecule has 0 radical (unpaired) electrons. The molecule has 1 rings (SSSR count). The second-order valence-corrected chi connectivity index (χ2v) is 4.17. The first-order valence-corrected chi connectivity index (χ1v) is 5.78. The third-order valence-electron chi connectivity index (χ3n) is 2.67.